The fourth-order valence-electron chi connectivity index (χ4n) is 2.50. The summed E-state index contributed by atoms with van der Waals surface area (Å²) in [5.41, 5.74) is 1.22. The van der Waals surface area contributed by atoms with Crippen LogP contribution in [0.5, 0.6) is 11.5 Å². The predicted molar refractivity (Wildman–Crippen MR) is 107 cm³/mol. The number of halogens is 1. The minimum absolute atomic E-state index is 0.0910. The summed E-state index contributed by atoms with van der Waals surface area (Å²) < 4.78 is 44.2. The third-order valence-electron chi connectivity index (χ3n) is 4.12. The molecule has 3 rings (SSSR count). The minimum Gasteiger partial charge on any atom is -0.457 e. The number of benzene rings is 3. The van der Waals surface area contributed by atoms with E-state index in [9.17, 15) is 17.6 Å². The molecular weight excluding hydrogens is 395 g/mol. The van der Waals surface area contributed by atoms with Gasteiger partial charge in [-0.2, -0.15) is 0 Å². The number of nitrogens with one attached hydrogen (secondary N) is 2. The number of carbonyl (C=O) groups excluding carboxylic acids is 1. The maximum Gasteiger partial charge on any atom is 0.251 e. The molecule has 0 radical (unpaired) electrons. The molecule has 8 heteroatoms. The Kier molecular flexibility index (Phi) is 6.26. The molecular formula is C21H19FN2O4S. The molecule has 6 nitrogen and oxygen atoms in total. The molecule has 0 aliphatic rings. The lowest BCUT2D eigenvalue weighted by molar-refractivity contribution is 0.0951. The lowest BCUT2D eigenvalue weighted by Crippen LogP contribution is -2.23. The van der Waals surface area contributed by atoms with Crippen LogP contribution in [0.2, 0.25) is 0 Å². The van der Waals surface area contributed by atoms with E-state index in [0.717, 1.165) is 5.56 Å². The first-order valence-electron chi connectivity index (χ1n) is 8.71. The molecule has 0 fully saturated rings. The smallest absolute Gasteiger partial charge is 0.251 e. The van der Waals surface area contributed by atoms with Gasteiger partial charge in [-0.15, -0.1) is 0 Å². The van der Waals surface area contributed by atoms with Crippen molar-refractivity contribution in [1.29, 1.82) is 0 Å². The Morgan fingerprint density at radius 3 is 2.00 bits per heavy atom. The predicted octanol–water partition coefficient (Wildman–Crippen LogP) is 3.46. The van der Waals surface area contributed by atoms with Gasteiger partial charge in [-0.1, -0.05) is 12.1 Å². The van der Waals surface area contributed by atoms with Crippen molar-refractivity contribution in [1.82, 2.24) is 10.0 Å². The summed E-state index contributed by atoms with van der Waals surface area (Å²) in [7, 11) is -2.21. The summed E-state index contributed by atoms with van der Waals surface area (Å²) in [5, 5.41) is 2.78. The highest BCUT2D eigenvalue weighted by Gasteiger charge is 2.12. The number of carbonyl (C=O) groups is 1. The number of amides is 1. The van der Waals surface area contributed by atoms with E-state index in [0.29, 0.717) is 23.6 Å². The zero-order valence-corrected chi connectivity index (χ0v) is 16.4. The largest absolute Gasteiger partial charge is 0.457 e. The van der Waals surface area contributed by atoms with E-state index in [1.54, 1.807) is 12.1 Å². The van der Waals surface area contributed by atoms with Gasteiger partial charge in [-0.05, 0) is 73.3 Å². The van der Waals surface area contributed by atoms with Gasteiger partial charge in [0.15, 0.2) is 0 Å². The van der Waals surface area contributed by atoms with Gasteiger partial charge in [0.05, 0.1) is 4.90 Å². The lowest BCUT2D eigenvalue weighted by Gasteiger charge is -2.09. The lowest BCUT2D eigenvalue weighted by atomic mass is 10.2. The molecule has 0 saturated carbocycles. The molecule has 0 aromatic heterocycles. The second-order valence-corrected chi connectivity index (χ2v) is 8.00. The second-order valence-electron chi connectivity index (χ2n) is 6.11. The zero-order valence-electron chi connectivity index (χ0n) is 15.6. The Morgan fingerprint density at radius 1 is 0.897 bits per heavy atom. The monoisotopic (exact) mass is 414 g/mol. The molecule has 0 saturated heterocycles. The Hall–Kier alpha value is -3.23. The van der Waals surface area contributed by atoms with Crippen molar-refractivity contribution in [2.45, 2.75) is 11.4 Å². The molecule has 3 aromatic rings. The zero-order chi connectivity index (χ0) is 20.9. The van der Waals surface area contributed by atoms with Gasteiger partial charge in [-0.25, -0.2) is 17.5 Å². The Morgan fingerprint density at radius 2 is 1.45 bits per heavy atom. The fourth-order valence-corrected chi connectivity index (χ4v) is 3.23. The van der Waals surface area contributed by atoms with E-state index < -0.39 is 10.0 Å². The maximum atomic E-state index is 12.9. The molecule has 150 valence electrons. The molecule has 1 amide bonds. The summed E-state index contributed by atoms with van der Waals surface area (Å²) >= 11 is 0. The van der Waals surface area contributed by atoms with Crippen molar-refractivity contribution >= 4 is 15.9 Å². The number of hydrogen-bond donors (Lipinski definition) is 2. The van der Waals surface area contributed by atoms with E-state index >= 15 is 0 Å². The third kappa shape index (κ3) is 5.40. The van der Waals surface area contributed by atoms with Gasteiger partial charge in [0.1, 0.15) is 17.3 Å². The molecule has 0 heterocycles. The van der Waals surface area contributed by atoms with Crippen LogP contribution in [0.25, 0.3) is 0 Å². The van der Waals surface area contributed by atoms with Crippen LogP contribution in [-0.2, 0) is 16.6 Å². The van der Waals surface area contributed by atoms with Crippen LogP contribution in [-0.4, -0.2) is 21.4 Å². The average Bonchev–Trinajstić information content (AvgIpc) is 2.74. The third-order valence-corrected chi connectivity index (χ3v) is 5.55. The van der Waals surface area contributed by atoms with Gasteiger partial charge >= 0.3 is 0 Å². The maximum absolute atomic E-state index is 12.9. The SMILES string of the molecule is CNS(=O)(=O)c1ccc(C(=O)NCc2ccc(Oc3ccc(F)cc3)cc2)cc1. The molecule has 0 unspecified atom stereocenters. The molecule has 0 bridgehead atoms. The van der Waals surface area contributed by atoms with Gasteiger partial charge in [-0.3, -0.25) is 4.79 Å². The number of sulfonamides is 1. The molecule has 0 spiro atoms. The minimum atomic E-state index is -3.54. The summed E-state index contributed by atoms with van der Waals surface area (Å²) in [5.74, 6) is 0.469. The molecule has 0 atom stereocenters. The first-order valence-corrected chi connectivity index (χ1v) is 10.2. The Labute approximate surface area is 168 Å². The van der Waals surface area contributed by atoms with Crippen LogP contribution in [0.4, 0.5) is 4.39 Å². The summed E-state index contributed by atoms with van der Waals surface area (Å²) in [4.78, 5) is 12.3. The fraction of sp³-hybridized carbons (Fsp3) is 0.0952. The standard InChI is InChI=1S/C21H19FN2O4S/c1-23-29(26,27)20-12-4-16(5-13-20)21(25)24-14-15-2-8-18(9-3-15)28-19-10-6-17(22)7-11-19/h2-13,23H,14H2,1H3,(H,24,25). The number of rotatable bonds is 7. The van der Waals surface area contributed by atoms with E-state index in [1.807, 2.05) is 12.1 Å². The van der Waals surface area contributed by atoms with E-state index in [1.165, 1.54) is 55.6 Å². The highest BCUT2D eigenvalue weighted by atomic mass is 32.2. The summed E-state index contributed by atoms with van der Waals surface area (Å²) in [6, 6.07) is 18.5. The van der Waals surface area contributed by atoms with Gasteiger partial charge < -0.3 is 10.1 Å². The summed E-state index contributed by atoms with van der Waals surface area (Å²) in [6.07, 6.45) is 0. The van der Waals surface area contributed by atoms with Crippen molar-refractivity contribution < 1.29 is 22.3 Å². The van der Waals surface area contributed by atoms with Crippen LogP contribution < -0.4 is 14.8 Å². The topological polar surface area (TPSA) is 84.5 Å². The van der Waals surface area contributed by atoms with E-state index in [4.69, 9.17) is 4.74 Å². The molecule has 0 aliphatic heterocycles. The summed E-state index contributed by atoms with van der Waals surface area (Å²) in [6.45, 7) is 0.298. The van der Waals surface area contributed by atoms with Crippen molar-refractivity contribution in [2.24, 2.45) is 0 Å². The number of hydrogen-bond acceptors (Lipinski definition) is 4. The molecule has 3 aromatic carbocycles. The normalized spacial score (nSPS) is 11.1. The van der Waals surface area contributed by atoms with E-state index in [2.05, 4.69) is 10.0 Å². The van der Waals surface area contributed by atoms with Crippen LogP contribution in [0.15, 0.2) is 77.7 Å². The van der Waals surface area contributed by atoms with E-state index in [-0.39, 0.29) is 16.6 Å². The second kappa shape index (κ2) is 8.85. The quantitative estimate of drug-likeness (QED) is 0.620. The first kappa shape index (κ1) is 20.5. The van der Waals surface area contributed by atoms with Crippen molar-refractivity contribution in [3.05, 3.63) is 89.7 Å². The van der Waals surface area contributed by atoms with Crippen LogP contribution >= 0.6 is 0 Å². The van der Waals surface area contributed by atoms with Crippen LogP contribution in [0.1, 0.15) is 15.9 Å². The van der Waals surface area contributed by atoms with Crippen LogP contribution in [0.3, 0.4) is 0 Å². The molecule has 29 heavy (non-hydrogen) atoms. The number of ether oxygens (including phenoxy) is 1. The highest BCUT2D eigenvalue weighted by molar-refractivity contribution is 7.89. The van der Waals surface area contributed by atoms with Crippen molar-refractivity contribution in [2.75, 3.05) is 7.05 Å². The highest BCUT2D eigenvalue weighted by Crippen LogP contribution is 2.22. The first-order chi connectivity index (χ1) is 13.9. The molecule has 2 N–H and O–H groups in total. The molecule has 0 aliphatic carbocycles. The van der Waals surface area contributed by atoms with Gasteiger partial charge in [0, 0.05) is 12.1 Å². The Bertz CT molecular complexity index is 1080. The van der Waals surface area contributed by atoms with Gasteiger partial charge in [0.25, 0.3) is 5.91 Å². The average molecular weight is 414 g/mol. The van der Waals surface area contributed by atoms with Crippen molar-refractivity contribution in [3.63, 3.8) is 0 Å². The van der Waals surface area contributed by atoms with Crippen molar-refractivity contribution in [3.8, 4) is 11.5 Å². The Balaban J connectivity index is 1.56. The van der Waals surface area contributed by atoms with Crippen LogP contribution in [0, 0.1) is 5.82 Å². The van der Waals surface area contributed by atoms with Gasteiger partial charge in [0.2, 0.25) is 10.0 Å².